The minimum Gasteiger partial charge on any atom is -0.461 e. The van der Waals surface area contributed by atoms with Gasteiger partial charge in [0.15, 0.2) is 11.9 Å². The van der Waals surface area contributed by atoms with Crippen LogP contribution in [0, 0.1) is 28.8 Å². The van der Waals surface area contributed by atoms with E-state index >= 15 is 4.39 Å². The molecular formula is C41H42F3N5O6S. The molecule has 1 saturated heterocycles. The first kappa shape index (κ1) is 41.9. The molecule has 2 atom stereocenters. The number of benzene rings is 3. The lowest BCUT2D eigenvalue weighted by Crippen LogP contribution is -2.47. The number of aromatic nitrogens is 3. The summed E-state index contributed by atoms with van der Waals surface area (Å²) in [6.45, 7) is 2.51. The smallest absolute Gasteiger partial charge is 0.339 e. The maximum Gasteiger partial charge on any atom is 0.339 e. The van der Waals surface area contributed by atoms with Gasteiger partial charge in [-0.05, 0) is 70.4 Å². The number of carbonyl (C=O) groups excluding carboxylic acids is 2. The normalized spacial score (nSPS) is 17.5. The van der Waals surface area contributed by atoms with Crippen molar-refractivity contribution < 1.29 is 41.7 Å². The Morgan fingerprint density at radius 1 is 1.09 bits per heavy atom. The molecule has 3 aromatic carbocycles. The molecule has 0 N–H and O–H groups in total. The molecule has 0 unspecified atom stereocenters. The molecule has 0 spiro atoms. The van der Waals surface area contributed by atoms with Crippen LogP contribution in [0.4, 0.5) is 13.2 Å². The highest BCUT2D eigenvalue weighted by molar-refractivity contribution is 8.00. The summed E-state index contributed by atoms with van der Waals surface area (Å²) < 4.78 is 69.6. The van der Waals surface area contributed by atoms with Crippen molar-refractivity contribution in [2.24, 2.45) is 0 Å². The first-order valence-electron chi connectivity index (χ1n) is 17.8. The van der Waals surface area contributed by atoms with E-state index in [1.165, 1.54) is 53.4 Å². The van der Waals surface area contributed by atoms with Gasteiger partial charge in [0.1, 0.15) is 36.7 Å². The average Bonchev–Trinajstić information content (AvgIpc) is 3.69. The lowest BCUT2D eigenvalue weighted by molar-refractivity contribution is -0.146. The van der Waals surface area contributed by atoms with Crippen molar-refractivity contribution in [3.63, 3.8) is 0 Å². The fourth-order valence-electron chi connectivity index (χ4n) is 5.96. The minimum absolute atomic E-state index is 0.0866. The first-order chi connectivity index (χ1) is 27.0. The fourth-order valence-corrected chi connectivity index (χ4v) is 7.32. The maximum atomic E-state index is 15.9. The first-order valence-corrected chi connectivity index (χ1v) is 18.7. The summed E-state index contributed by atoms with van der Waals surface area (Å²) in [5.74, 6) is -3.50. The lowest BCUT2D eigenvalue weighted by atomic mass is 9.89. The third-order valence-corrected chi connectivity index (χ3v) is 10.3. The number of thioether (sulfide) groups is 1. The van der Waals surface area contributed by atoms with Crippen LogP contribution in [0.2, 0.25) is 0 Å². The van der Waals surface area contributed by atoms with Gasteiger partial charge < -0.3 is 23.8 Å². The zero-order chi connectivity index (χ0) is 40.1. The molecule has 15 heteroatoms. The van der Waals surface area contributed by atoms with E-state index in [4.69, 9.17) is 24.2 Å². The number of nitriles is 1. The van der Waals surface area contributed by atoms with Crippen molar-refractivity contribution in [2.45, 2.75) is 55.3 Å². The molecule has 0 radical (unpaired) electrons. The summed E-state index contributed by atoms with van der Waals surface area (Å²) in [6, 6.07) is 15.7. The number of allylic oxidation sites excluding steroid dienone is 2. The summed E-state index contributed by atoms with van der Waals surface area (Å²) in [7, 11) is 3.82. The number of ether oxygens (including phenoxy) is 4. The highest BCUT2D eigenvalue weighted by Crippen LogP contribution is 2.42. The molecule has 0 amide bonds. The summed E-state index contributed by atoms with van der Waals surface area (Å²) in [4.78, 5) is 32.7. The number of esters is 2. The molecule has 1 fully saturated rings. The van der Waals surface area contributed by atoms with Crippen molar-refractivity contribution >= 4 is 29.8 Å². The Labute approximate surface area is 327 Å². The van der Waals surface area contributed by atoms with Gasteiger partial charge in [-0.2, -0.15) is 10.4 Å². The van der Waals surface area contributed by atoms with Crippen LogP contribution < -0.4 is 0 Å². The number of carbonyl (C=O) groups is 2. The number of hydrogen-bond donors (Lipinski definition) is 0. The third kappa shape index (κ3) is 11.4. The van der Waals surface area contributed by atoms with Crippen LogP contribution in [-0.2, 0) is 42.5 Å². The molecule has 0 bridgehead atoms. The molecule has 0 aliphatic carbocycles. The average molecular weight is 790 g/mol. The predicted molar refractivity (Wildman–Crippen MR) is 203 cm³/mol. The van der Waals surface area contributed by atoms with Crippen molar-refractivity contribution in [3.05, 3.63) is 137 Å². The topological polar surface area (TPSA) is 129 Å². The van der Waals surface area contributed by atoms with Crippen molar-refractivity contribution in [2.75, 3.05) is 33.9 Å². The Morgan fingerprint density at radius 3 is 2.57 bits per heavy atom. The number of nitrogens with zero attached hydrogens (tertiary/aromatic N) is 5. The summed E-state index contributed by atoms with van der Waals surface area (Å²) in [5, 5.41) is 12.1. The van der Waals surface area contributed by atoms with Crippen LogP contribution in [-0.4, -0.2) is 82.2 Å². The van der Waals surface area contributed by atoms with Gasteiger partial charge in [-0.1, -0.05) is 42.5 Å². The highest BCUT2D eigenvalue weighted by Gasteiger charge is 2.47. The Morgan fingerprint density at radius 2 is 1.88 bits per heavy atom. The van der Waals surface area contributed by atoms with Gasteiger partial charge in [-0.3, -0.25) is 4.79 Å². The summed E-state index contributed by atoms with van der Waals surface area (Å²) in [5.41, 5.74) is -0.842. The number of rotatable bonds is 17. The molecule has 5 rings (SSSR count). The van der Waals surface area contributed by atoms with Crippen LogP contribution in [0.25, 0.3) is 6.08 Å². The minimum atomic E-state index is -1.79. The van der Waals surface area contributed by atoms with Crippen LogP contribution in [0.1, 0.15) is 52.4 Å². The number of hydrogen-bond acceptors (Lipinski definition) is 11. The lowest BCUT2D eigenvalue weighted by Gasteiger charge is -2.40. The van der Waals surface area contributed by atoms with Gasteiger partial charge in [-0.25, -0.2) is 27.6 Å². The molecule has 56 heavy (non-hydrogen) atoms. The number of halogens is 3. The van der Waals surface area contributed by atoms with E-state index in [1.54, 1.807) is 49.4 Å². The Bertz CT molecular complexity index is 2050. The molecule has 1 aliphatic heterocycles. The van der Waals surface area contributed by atoms with E-state index in [-0.39, 0.29) is 54.7 Å². The van der Waals surface area contributed by atoms with E-state index in [1.807, 2.05) is 25.1 Å². The summed E-state index contributed by atoms with van der Waals surface area (Å²) >= 11 is 1.33. The van der Waals surface area contributed by atoms with Gasteiger partial charge in [0.2, 0.25) is 0 Å². The molecule has 294 valence electrons. The van der Waals surface area contributed by atoms with Crippen LogP contribution in [0.3, 0.4) is 0 Å². The van der Waals surface area contributed by atoms with Gasteiger partial charge in [-0.15, -0.1) is 11.8 Å². The van der Waals surface area contributed by atoms with Gasteiger partial charge in [0.25, 0.3) is 0 Å². The van der Waals surface area contributed by atoms with Gasteiger partial charge in [0.05, 0.1) is 42.2 Å². The second-order valence-corrected chi connectivity index (χ2v) is 14.9. The molecule has 2 heterocycles. The largest absolute Gasteiger partial charge is 0.461 e. The van der Waals surface area contributed by atoms with E-state index in [9.17, 15) is 18.4 Å². The monoisotopic (exact) mass is 789 g/mol. The SMILES string of the molecule is C[C@@H](SC1COC(C=CC=Cc2ccc(C#N)cc2F)OC1)[C@@](Cn1cncn1)(OC(=O)c1ccccc1COC(=O)CCCN(C)C)c1ccc(F)cc1F. The molecule has 1 aromatic heterocycles. The van der Waals surface area contributed by atoms with Gasteiger partial charge in [0, 0.05) is 34.4 Å². The Kier molecular flexibility index (Phi) is 15.0. The van der Waals surface area contributed by atoms with E-state index < -0.39 is 46.5 Å². The van der Waals surface area contributed by atoms with Crippen LogP contribution in [0.15, 0.2) is 91.5 Å². The molecule has 11 nitrogen and oxygen atoms in total. The highest BCUT2D eigenvalue weighted by atomic mass is 32.2. The van der Waals surface area contributed by atoms with Gasteiger partial charge >= 0.3 is 11.9 Å². The third-order valence-electron chi connectivity index (χ3n) is 8.87. The molecule has 4 aromatic rings. The van der Waals surface area contributed by atoms with Crippen molar-refractivity contribution in [1.29, 1.82) is 5.26 Å². The molecular weight excluding hydrogens is 748 g/mol. The van der Waals surface area contributed by atoms with E-state index in [0.29, 0.717) is 24.1 Å². The second kappa shape index (κ2) is 20.1. The quantitative estimate of drug-likeness (QED) is 0.0825. The van der Waals surface area contributed by atoms with E-state index in [0.717, 1.165) is 18.2 Å². The zero-order valence-corrected chi connectivity index (χ0v) is 32.0. The van der Waals surface area contributed by atoms with Crippen LogP contribution in [0.5, 0.6) is 0 Å². The Hall–Kier alpha value is -5.27. The Balaban J connectivity index is 1.34. The molecule has 0 saturated carbocycles. The van der Waals surface area contributed by atoms with Crippen molar-refractivity contribution in [1.82, 2.24) is 19.7 Å². The van der Waals surface area contributed by atoms with E-state index in [2.05, 4.69) is 10.1 Å². The second-order valence-electron chi connectivity index (χ2n) is 13.2. The van der Waals surface area contributed by atoms with Crippen molar-refractivity contribution in [3.8, 4) is 6.07 Å². The summed E-state index contributed by atoms with van der Waals surface area (Å²) in [6.07, 6.45) is 9.29. The zero-order valence-electron chi connectivity index (χ0n) is 31.1. The fraction of sp³-hybridized carbons (Fsp3) is 0.341. The van der Waals surface area contributed by atoms with Crippen LogP contribution >= 0.6 is 11.8 Å². The standard InChI is InChI=1S/C41H42F3N5O6S/c1-28(56-33-23-53-39(54-24-33)13-7-5-9-30-15-14-29(21-45)19-36(30)43)41(25-49-27-46-26-47-49,35-17-16-32(42)20-37(35)44)55-40(51)34-11-6-4-10-31(34)22-52-38(50)12-8-18-48(2)3/h4-7,9-11,13-17,19-20,26-28,33,39H,8,12,18,22-25H2,1-3H3/t28-,33?,39?,41-/m1/s1. The predicted octanol–water partition coefficient (Wildman–Crippen LogP) is 6.84. The molecule has 1 aliphatic rings. The maximum absolute atomic E-state index is 15.9.